The molecule has 0 fully saturated rings. The van der Waals surface area contributed by atoms with Gasteiger partial charge < -0.3 is 14.8 Å². The van der Waals surface area contributed by atoms with Crippen molar-refractivity contribution in [3.8, 4) is 11.5 Å². The minimum absolute atomic E-state index is 0.0202. The number of methoxy groups -OCH3 is 2. The summed E-state index contributed by atoms with van der Waals surface area (Å²) in [6.07, 6.45) is 1.54. The molecule has 7 nitrogen and oxygen atoms in total. The number of hydrazone groups is 1. The number of rotatable bonds is 8. The monoisotopic (exact) mass is 521 g/mol. The maximum absolute atomic E-state index is 13.0. The molecule has 0 spiro atoms. The van der Waals surface area contributed by atoms with E-state index in [1.54, 1.807) is 55.5 Å². The van der Waals surface area contributed by atoms with Gasteiger partial charge in [0.2, 0.25) is 0 Å². The molecule has 3 aromatic rings. The molecule has 2 N–H and O–H groups in total. The third kappa shape index (κ3) is 6.55. The zero-order valence-electron chi connectivity index (χ0n) is 19.0. The Kier molecular flexibility index (Phi) is 8.59. The molecule has 8 heteroatoms. The first kappa shape index (κ1) is 24.7. The van der Waals surface area contributed by atoms with Gasteiger partial charge >= 0.3 is 0 Å². The molecule has 0 heterocycles. The van der Waals surface area contributed by atoms with Crippen molar-refractivity contribution in [1.29, 1.82) is 0 Å². The van der Waals surface area contributed by atoms with Gasteiger partial charge in [-0.25, -0.2) is 5.43 Å². The van der Waals surface area contributed by atoms with Crippen molar-refractivity contribution in [1.82, 2.24) is 10.7 Å². The number of carbonyl (C=O) groups excluding carboxylic acids is 2. The lowest BCUT2D eigenvalue weighted by atomic mass is 10.1. The van der Waals surface area contributed by atoms with Gasteiger partial charge in [0, 0.05) is 10.0 Å². The van der Waals surface area contributed by atoms with Crippen LogP contribution in [0.25, 0.3) is 6.08 Å². The highest BCUT2D eigenvalue weighted by Gasteiger charge is 2.15. The number of amides is 2. The SMILES string of the molecule is COc1ccc(/C=C(/NC(=O)c2ccccc2)C(=O)N/N=C(/C)c2cccc(Br)c2)cc1OC. The molecule has 0 atom stereocenters. The number of hydrogen-bond acceptors (Lipinski definition) is 5. The molecule has 0 saturated carbocycles. The lowest BCUT2D eigenvalue weighted by Crippen LogP contribution is -2.33. The summed E-state index contributed by atoms with van der Waals surface area (Å²) < 4.78 is 11.5. The van der Waals surface area contributed by atoms with Gasteiger partial charge in [-0.05, 0) is 60.5 Å². The Morgan fingerprint density at radius 1 is 0.882 bits per heavy atom. The van der Waals surface area contributed by atoms with E-state index in [4.69, 9.17) is 9.47 Å². The summed E-state index contributed by atoms with van der Waals surface area (Å²) in [4.78, 5) is 25.8. The van der Waals surface area contributed by atoms with E-state index in [1.807, 2.05) is 30.3 Å². The number of nitrogens with one attached hydrogen (secondary N) is 2. The van der Waals surface area contributed by atoms with E-state index in [0.29, 0.717) is 28.3 Å². The summed E-state index contributed by atoms with van der Waals surface area (Å²) in [6, 6.07) is 21.4. The van der Waals surface area contributed by atoms with Gasteiger partial charge in [0.15, 0.2) is 11.5 Å². The summed E-state index contributed by atoms with van der Waals surface area (Å²) in [5, 5.41) is 6.88. The Balaban J connectivity index is 1.90. The Bertz CT molecular complexity index is 1240. The Morgan fingerprint density at radius 2 is 1.59 bits per heavy atom. The molecule has 0 aliphatic heterocycles. The van der Waals surface area contributed by atoms with Gasteiger partial charge in [-0.2, -0.15) is 5.10 Å². The molecule has 0 bridgehead atoms. The molecule has 0 aliphatic rings. The highest BCUT2D eigenvalue weighted by atomic mass is 79.9. The Hall–Kier alpha value is -3.91. The second-order valence-corrected chi connectivity index (χ2v) is 8.06. The van der Waals surface area contributed by atoms with Crippen molar-refractivity contribution in [3.63, 3.8) is 0 Å². The molecule has 174 valence electrons. The summed E-state index contributed by atoms with van der Waals surface area (Å²) in [6.45, 7) is 1.78. The van der Waals surface area contributed by atoms with E-state index >= 15 is 0 Å². The average Bonchev–Trinajstić information content (AvgIpc) is 2.86. The maximum Gasteiger partial charge on any atom is 0.287 e. The van der Waals surface area contributed by atoms with Crippen LogP contribution < -0.4 is 20.2 Å². The predicted octanol–water partition coefficient (Wildman–Crippen LogP) is 4.78. The van der Waals surface area contributed by atoms with E-state index in [-0.39, 0.29) is 5.70 Å². The molecular weight excluding hydrogens is 498 g/mol. The topological polar surface area (TPSA) is 89.0 Å². The first-order valence-corrected chi connectivity index (χ1v) is 11.1. The quantitative estimate of drug-likeness (QED) is 0.253. The molecule has 34 heavy (non-hydrogen) atoms. The molecule has 3 rings (SSSR count). The van der Waals surface area contributed by atoms with Crippen LogP contribution in [0.2, 0.25) is 0 Å². The number of carbonyl (C=O) groups is 2. The minimum atomic E-state index is -0.576. The van der Waals surface area contributed by atoms with Crippen LogP contribution in [0.1, 0.15) is 28.4 Å². The van der Waals surface area contributed by atoms with Crippen molar-refractivity contribution < 1.29 is 19.1 Å². The molecule has 3 aromatic carbocycles. The van der Waals surface area contributed by atoms with Gasteiger partial charge in [0.25, 0.3) is 11.8 Å². The molecule has 0 aromatic heterocycles. The van der Waals surface area contributed by atoms with Crippen molar-refractivity contribution in [2.75, 3.05) is 14.2 Å². The third-order valence-corrected chi connectivity index (χ3v) is 5.31. The lowest BCUT2D eigenvalue weighted by Gasteiger charge is -2.11. The number of nitrogens with zero attached hydrogens (tertiary/aromatic N) is 1. The normalized spacial score (nSPS) is 11.5. The van der Waals surface area contributed by atoms with Crippen molar-refractivity contribution >= 4 is 39.5 Å². The largest absolute Gasteiger partial charge is 0.493 e. The third-order valence-electron chi connectivity index (χ3n) is 4.81. The zero-order valence-corrected chi connectivity index (χ0v) is 20.5. The van der Waals surface area contributed by atoms with Crippen LogP contribution in [0.4, 0.5) is 0 Å². The number of hydrogen-bond donors (Lipinski definition) is 2. The molecule has 0 aliphatic carbocycles. The van der Waals surface area contributed by atoms with Crippen molar-refractivity contribution in [2.24, 2.45) is 5.10 Å². The van der Waals surface area contributed by atoms with Crippen LogP contribution in [-0.4, -0.2) is 31.7 Å². The molecule has 2 amide bonds. The van der Waals surface area contributed by atoms with Gasteiger partial charge in [0.1, 0.15) is 5.70 Å². The van der Waals surface area contributed by atoms with Crippen LogP contribution in [0, 0.1) is 0 Å². The molecule has 0 unspecified atom stereocenters. The summed E-state index contributed by atoms with van der Waals surface area (Å²) in [5.41, 5.74) is 5.04. The van der Waals surface area contributed by atoms with E-state index < -0.39 is 11.8 Å². The number of halogens is 1. The second kappa shape index (κ2) is 11.8. The fraction of sp³-hybridized carbons (Fsp3) is 0.115. The number of ether oxygens (including phenoxy) is 2. The van der Waals surface area contributed by atoms with E-state index in [0.717, 1.165) is 10.0 Å². The van der Waals surface area contributed by atoms with Crippen molar-refractivity contribution in [3.05, 3.63) is 99.7 Å². The van der Waals surface area contributed by atoms with E-state index in [1.165, 1.54) is 14.2 Å². The van der Waals surface area contributed by atoms with Gasteiger partial charge in [-0.1, -0.05) is 52.3 Å². The minimum Gasteiger partial charge on any atom is -0.493 e. The first-order valence-electron chi connectivity index (χ1n) is 10.3. The average molecular weight is 522 g/mol. The first-order chi connectivity index (χ1) is 16.4. The predicted molar refractivity (Wildman–Crippen MR) is 136 cm³/mol. The summed E-state index contributed by atoms with van der Waals surface area (Å²) in [7, 11) is 3.06. The maximum atomic E-state index is 13.0. The summed E-state index contributed by atoms with van der Waals surface area (Å²) in [5.74, 6) is 0.0470. The van der Waals surface area contributed by atoms with Crippen molar-refractivity contribution in [2.45, 2.75) is 6.92 Å². The zero-order chi connectivity index (χ0) is 24.5. The van der Waals surface area contributed by atoms with Gasteiger partial charge in [0.05, 0.1) is 19.9 Å². The smallest absolute Gasteiger partial charge is 0.287 e. The molecule has 0 saturated heterocycles. The number of benzene rings is 3. The highest BCUT2D eigenvalue weighted by molar-refractivity contribution is 9.10. The van der Waals surface area contributed by atoms with Crippen LogP contribution in [-0.2, 0) is 4.79 Å². The molecular formula is C26H24BrN3O4. The van der Waals surface area contributed by atoms with Gasteiger partial charge in [-0.15, -0.1) is 0 Å². The standard InChI is InChI=1S/C26H24BrN3O4/c1-17(20-10-7-11-21(27)16-20)29-30-26(32)22(28-25(31)19-8-5-4-6-9-19)14-18-12-13-23(33-2)24(15-18)34-3/h4-16H,1-3H3,(H,28,31)(H,30,32)/b22-14+,29-17-. The molecule has 0 radical (unpaired) electrons. The highest BCUT2D eigenvalue weighted by Crippen LogP contribution is 2.28. The Labute approximate surface area is 206 Å². The van der Waals surface area contributed by atoms with Crippen LogP contribution in [0.15, 0.2) is 88.1 Å². The fourth-order valence-electron chi connectivity index (χ4n) is 3.02. The van der Waals surface area contributed by atoms with Gasteiger partial charge in [-0.3, -0.25) is 9.59 Å². The van der Waals surface area contributed by atoms with Crippen LogP contribution in [0.3, 0.4) is 0 Å². The van der Waals surface area contributed by atoms with Crippen LogP contribution >= 0.6 is 15.9 Å². The Morgan fingerprint density at radius 3 is 2.26 bits per heavy atom. The van der Waals surface area contributed by atoms with E-state index in [2.05, 4.69) is 31.8 Å². The van der Waals surface area contributed by atoms with Crippen LogP contribution in [0.5, 0.6) is 11.5 Å². The lowest BCUT2D eigenvalue weighted by molar-refractivity contribution is -0.117. The fourth-order valence-corrected chi connectivity index (χ4v) is 3.42. The second-order valence-electron chi connectivity index (χ2n) is 7.14. The summed E-state index contributed by atoms with van der Waals surface area (Å²) >= 11 is 3.42. The van der Waals surface area contributed by atoms with E-state index in [9.17, 15) is 9.59 Å².